The molecule has 1 fully saturated rings. The van der Waals surface area contributed by atoms with Crippen molar-refractivity contribution in [1.29, 1.82) is 5.26 Å². The van der Waals surface area contributed by atoms with Crippen LogP contribution in [0.5, 0.6) is 0 Å². The van der Waals surface area contributed by atoms with Crippen LogP contribution in [0.3, 0.4) is 0 Å². The molecule has 2 rings (SSSR count). The summed E-state index contributed by atoms with van der Waals surface area (Å²) < 4.78 is 4.91. The largest absolute Gasteiger partial charge is 0.452 e. The van der Waals surface area contributed by atoms with Gasteiger partial charge in [-0.2, -0.15) is 5.26 Å². The molecule has 17 heavy (non-hydrogen) atoms. The van der Waals surface area contributed by atoms with Gasteiger partial charge in [0.05, 0.1) is 17.9 Å². The lowest BCUT2D eigenvalue weighted by Crippen LogP contribution is -2.39. The minimum Gasteiger partial charge on any atom is -0.452 e. The molecular formula is C12H13ClN2O2. The Morgan fingerprint density at radius 3 is 2.82 bits per heavy atom. The first-order valence-electron chi connectivity index (χ1n) is 5.65. The Hall–Kier alpha value is -1.47. The van der Waals surface area contributed by atoms with Crippen molar-refractivity contribution in [2.24, 2.45) is 0 Å². The van der Waals surface area contributed by atoms with Gasteiger partial charge in [0, 0.05) is 6.04 Å². The van der Waals surface area contributed by atoms with Gasteiger partial charge in [0.25, 0.3) is 5.91 Å². The molecule has 1 aliphatic rings. The van der Waals surface area contributed by atoms with E-state index in [4.69, 9.17) is 21.3 Å². The van der Waals surface area contributed by atoms with E-state index in [1.54, 1.807) is 11.0 Å². The van der Waals surface area contributed by atoms with Crippen molar-refractivity contribution >= 4 is 17.5 Å². The third-order valence-corrected chi connectivity index (χ3v) is 3.41. The van der Waals surface area contributed by atoms with Crippen LogP contribution in [0.2, 0.25) is 5.22 Å². The zero-order valence-corrected chi connectivity index (χ0v) is 10.1. The van der Waals surface area contributed by atoms with Crippen molar-refractivity contribution in [2.45, 2.75) is 31.7 Å². The maximum absolute atomic E-state index is 12.2. The summed E-state index contributed by atoms with van der Waals surface area (Å²) in [5, 5.41) is 8.91. The molecule has 0 saturated heterocycles. The predicted molar refractivity (Wildman–Crippen MR) is 62.6 cm³/mol. The summed E-state index contributed by atoms with van der Waals surface area (Å²) in [7, 11) is 0. The highest BCUT2D eigenvalue weighted by Gasteiger charge is 2.29. The minimum atomic E-state index is -0.211. The van der Waals surface area contributed by atoms with Crippen LogP contribution in [0, 0.1) is 11.3 Å². The molecule has 0 bridgehead atoms. The monoisotopic (exact) mass is 252 g/mol. The lowest BCUT2D eigenvalue weighted by Gasteiger charge is -2.25. The van der Waals surface area contributed by atoms with Crippen molar-refractivity contribution in [3.8, 4) is 6.07 Å². The first kappa shape index (κ1) is 12.0. The fraction of sp³-hybridized carbons (Fsp3) is 0.500. The van der Waals surface area contributed by atoms with Crippen LogP contribution in [0.1, 0.15) is 36.0 Å². The number of furan rings is 1. The van der Waals surface area contributed by atoms with Crippen molar-refractivity contribution in [3.05, 3.63) is 23.1 Å². The summed E-state index contributed by atoms with van der Waals surface area (Å²) in [5.74, 6) is -0.211. The molecule has 0 radical (unpaired) electrons. The molecule has 1 aromatic rings. The van der Waals surface area contributed by atoms with E-state index in [2.05, 4.69) is 0 Å². The second kappa shape index (κ2) is 5.24. The first-order chi connectivity index (χ1) is 8.24. The van der Waals surface area contributed by atoms with Gasteiger partial charge < -0.3 is 9.32 Å². The van der Waals surface area contributed by atoms with Gasteiger partial charge in [0.15, 0.2) is 0 Å². The summed E-state index contributed by atoms with van der Waals surface area (Å²) in [6.07, 6.45) is 5.53. The van der Waals surface area contributed by atoms with E-state index in [1.807, 2.05) is 6.07 Å². The average molecular weight is 253 g/mol. The van der Waals surface area contributed by atoms with Crippen LogP contribution in [-0.4, -0.2) is 23.4 Å². The van der Waals surface area contributed by atoms with Gasteiger partial charge in [0.1, 0.15) is 6.54 Å². The summed E-state index contributed by atoms with van der Waals surface area (Å²) in [5.41, 5.74) is 0.341. The van der Waals surface area contributed by atoms with Crippen LogP contribution < -0.4 is 0 Å². The number of hydrogen-bond acceptors (Lipinski definition) is 3. The van der Waals surface area contributed by atoms with E-state index in [0.717, 1.165) is 25.7 Å². The topological polar surface area (TPSA) is 57.2 Å². The van der Waals surface area contributed by atoms with Gasteiger partial charge in [-0.05, 0) is 30.5 Å². The van der Waals surface area contributed by atoms with E-state index in [-0.39, 0.29) is 23.7 Å². The zero-order chi connectivity index (χ0) is 12.3. The lowest BCUT2D eigenvalue weighted by molar-refractivity contribution is 0.0709. The number of nitriles is 1. The van der Waals surface area contributed by atoms with Gasteiger partial charge in [-0.25, -0.2) is 0 Å². The van der Waals surface area contributed by atoms with E-state index in [0.29, 0.717) is 5.56 Å². The van der Waals surface area contributed by atoms with E-state index in [9.17, 15) is 4.79 Å². The number of halogens is 1. The number of amides is 1. The molecule has 0 aromatic carbocycles. The van der Waals surface area contributed by atoms with Crippen molar-refractivity contribution in [3.63, 3.8) is 0 Å². The van der Waals surface area contributed by atoms with Crippen molar-refractivity contribution < 1.29 is 9.21 Å². The Morgan fingerprint density at radius 1 is 1.59 bits per heavy atom. The predicted octanol–water partition coefficient (Wildman–Crippen LogP) is 2.84. The lowest BCUT2D eigenvalue weighted by atomic mass is 10.2. The molecule has 0 atom stereocenters. The number of rotatable bonds is 3. The Morgan fingerprint density at radius 2 is 2.29 bits per heavy atom. The second-order valence-electron chi connectivity index (χ2n) is 4.14. The second-order valence-corrected chi connectivity index (χ2v) is 4.48. The fourth-order valence-corrected chi connectivity index (χ4v) is 2.45. The Labute approximate surface area is 105 Å². The highest BCUT2D eigenvalue weighted by atomic mass is 35.5. The Kier molecular flexibility index (Phi) is 3.70. The van der Waals surface area contributed by atoms with Gasteiger partial charge in [0.2, 0.25) is 5.22 Å². The van der Waals surface area contributed by atoms with Gasteiger partial charge >= 0.3 is 0 Å². The van der Waals surface area contributed by atoms with Crippen LogP contribution >= 0.6 is 11.6 Å². The molecule has 1 heterocycles. The Balaban J connectivity index is 2.19. The summed E-state index contributed by atoms with van der Waals surface area (Å²) >= 11 is 5.79. The zero-order valence-electron chi connectivity index (χ0n) is 9.36. The minimum absolute atomic E-state index is 0.0935. The SMILES string of the molecule is N#CCN(C(=O)c1ccoc1Cl)C1CCCC1. The molecule has 4 nitrogen and oxygen atoms in total. The van der Waals surface area contributed by atoms with Crippen molar-refractivity contribution in [1.82, 2.24) is 4.90 Å². The summed E-state index contributed by atoms with van der Waals surface area (Å²) in [6, 6.07) is 3.74. The van der Waals surface area contributed by atoms with E-state index < -0.39 is 0 Å². The van der Waals surface area contributed by atoms with Crippen molar-refractivity contribution in [2.75, 3.05) is 6.54 Å². The normalized spacial score (nSPS) is 15.8. The number of hydrogen-bond donors (Lipinski definition) is 0. The number of carbonyl (C=O) groups excluding carboxylic acids is 1. The van der Waals surface area contributed by atoms with E-state index >= 15 is 0 Å². The molecule has 1 amide bonds. The van der Waals surface area contributed by atoms with Crippen LogP contribution in [0.4, 0.5) is 0 Å². The number of nitrogens with zero attached hydrogens (tertiary/aromatic N) is 2. The fourth-order valence-electron chi connectivity index (χ4n) is 2.26. The smallest absolute Gasteiger partial charge is 0.259 e. The molecule has 90 valence electrons. The van der Waals surface area contributed by atoms with E-state index in [1.165, 1.54) is 6.26 Å². The van der Waals surface area contributed by atoms with Crippen LogP contribution in [-0.2, 0) is 0 Å². The van der Waals surface area contributed by atoms with Gasteiger partial charge in [-0.3, -0.25) is 4.79 Å². The molecule has 1 saturated carbocycles. The summed E-state index contributed by atoms with van der Waals surface area (Å²) in [4.78, 5) is 13.8. The van der Waals surface area contributed by atoms with Gasteiger partial charge in [-0.15, -0.1) is 0 Å². The maximum atomic E-state index is 12.2. The molecular weight excluding hydrogens is 240 g/mol. The third kappa shape index (κ3) is 2.45. The van der Waals surface area contributed by atoms with Crippen LogP contribution in [0.15, 0.2) is 16.7 Å². The van der Waals surface area contributed by atoms with Crippen LogP contribution in [0.25, 0.3) is 0 Å². The van der Waals surface area contributed by atoms with Gasteiger partial charge in [-0.1, -0.05) is 12.8 Å². The highest BCUT2D eigenvalue weighted by Crippen LogP contribution is 2.26. The third-order valence-electron chi connectivity index (χ3n) is 3.12. The molecule has 0 spiro atoms. The Bertz CT molecular complexity index is 444. The molecule has 0 unspecified atom stereocenters. The molecule has 0 N–H and O–H groups in total. The molecule has 5 heteroatoms. The average Bonchev–Trinajstić information content (AvgIpc) is 2.95. The first-order valence-corrected chi connectivity index (χ1v) is 6.02. The molecule has 1 aromatic heterocycles. The maximum Gasteiger partial charge on any atom is 0.259 e. The number of carbonyl (C=O) groups is 1. The molecule has 1 aliphatic carbocycles. The highest BCUT2D eigenvalue weighted by molar-refractivity contribution is 6.32. The summed E-state index contributed by atoms with van der Waals surface area (Å²) in [6.45, 7) is 0.102. The standard InChI is InChI=1S/C12H13ClN2O2/c13-11-10(5-8-17-11)12(16)15(7-6-14)9-3-1-2-4-9/h5,8-9H,1-4,7H2. The quantitative estimate of drug-likeness (QED) is 0.778. The molecule has 0 aliphatic heterocycles.